The van der Waals surface area contributed by atoms with Gasteiger partial charge in [-0.3, -0.25) is 0 Å². The highest BCUT2D eigenvalue weighted by atomic mass is 16.7. The molecule has 2 fully saturated rings. The van der Waals surface area contributed by atoms with Crippen LogP contribution in [-0.4, -0.2) is 86.4 Å². The molecular weight excluding hydrogens is 418 g/mol. The molecule has 10 atom stereocenters. The molecule has 0 amide bonds. The lowest BCUT2D eigenvalue weighted by molar-refractivity contribution is -0.298. The topological polar surface area (TPSA) is 155 Å². The molecule has 7 N–H and O–H groups in total. The third kappa shape index (κ3) is 7.72. The van der Waals surface area contributed by atoms with Gasteiger partial charge in [0.2, 0.25) is 0 Å². The smallest absolute Gasteiger partial charge is 0.186 e. The summed E-state index contributed by atoms with van der Waals surface area (Å²) < 4.78 is 17.6. The van der Waals surface area contributed by atoms with Crippen LogP contribution >= 0.6 is 0 Å². The number of rotatable bonds is 9. The van der Waals surface area contributed by atoms with E-state index in [4.69, 9.17) is 19.9 Å². The van der Waals surface area contributed by atoms with E-state index in [9.17, 15) is 25.5 Å². The van der Waals surface area contributed by atoms with Gasteiger partial charge in [0.25, 0.3) is 0 Å². The fraction of sp³-hybridized carbons (Fsp3) is 0.913. The fourth-order valence-electron chi connectivity index (χ4n) is 4.14. The van der Waals surface area contributed by atoms with Crippen LogP contribution in [0.25, 0.3) is 0 Å². The summed E-state index contributed by atoms with van der Waals surface area (Å²) in [5.41, 5.74) is 5.92. The molecule has 0 aromatic rings. The van der Waals surface area contributed by atoms with Gasteiger partial charge in [-0.05, 0) is 25.2 Å². The number of aliphatic hydroxyl groups is 5. The van der Waals surface area contributed by atoms with Gasteiger partial charge in [0.15, 0.2) is 12.1 Å². The molecule has 2 aliphatic rings. The van der Waals surface area contributed by atoms with Gasteiger partial charge in [0.1, 0.15) is 6.10 Å². The molecule has 0 aromatic heterocycles. The van der Waals surface area contributed by atoms with Crippen molar-refractivity contribution in [3.63, 3.8) is 0 Å². The van der Waals surface area contributed by atoms with Gasteiger partial charge >= 0.3 is 0 Å². The summed E-state index contributed by atoms with van der Waals surface area (Å²) in [6.45, 7) is 9.39. The molecule has 9 nitrogen and oxygen atoms in total. The van der Waals surface area contributed by atoms with Crippen molar-refractivity contribution in [1.82, 2.24) is 0 Å². The Morgan fingerprint density at radius 1 is 1.12 bits per heavy atom. The Kier molecular flexibility index (Phi) is 10.1. The number of nitrogens with two attached hydrogens (primary N) is 1. The molecule has 188 valence electrons. The van der Waals surface area contributed by atoms with E-state index in [1.54, 1.807) is 6.92 Å². The van der Waals surface area contributed by atoms with E-state index in [0.29, 0.717) is 12.8 Å². The van der Waals surface area contributed by atoms with E-state index in [0.717, 1.165) is 0 Å². The van der Waals surface area contributed by atoms with Gasteiger partial charge < -0.3 is 45.5 Å². The van der Waals surface area contributed by atoms with E-state index in [-0.39, 0.29) is 24.7 Å². The van der Waals surface area contributed by atoms with E-state index in [2.05, 4.69) is 0 Å². The lowest BCUT2D eigenvalue weighted by Crippen LogP contribution is -2.61. The zero-order valence-corrected chi connectivity index (χ0v) is 19.9. The van der Waals surface area contributed by atoms with Crippen LogP contribution in [0.4, 0.5) is 0 Å². The van der Waals surface area contributed by atoms with Crippen LogP contribution in [0.5, 0.6) is 0 Å². The van der Waals surface area contributed by atoms with Crippen LogP contribution in [-0.2, 0) is 14.2 Å². The molecule has 0 radical (unpaired) electrons. The first-order chi connectivity index (χ1) is 14.8. The Labute approximate surface area is 191 Å². The van der Waals surface area contributed by atoms with Gasteiger partial charge in [-0.25, -0.2) is 0 Å². The average molecular weight is 462 g/mol. The number of aliphatic hydroxyl groups excluding tert-OH is 4. The van der Waals surface area contributed by atoms with Crippen LogP contribution in [0.3, 0.4) is 0 Å². The van der Waals surface area contributed by atoms with E-state index < -0.39 is 60.8 Å². The molecule has 0 aliphatic carbocycles. The number of hydrogen-bond acceptors (Lipinski definition) is 9. The van der Waals surface area contributed by atoms with Gasteiger partial charge in [0, 0.05) is 19.3 Å². The highest BCUT2D eigenvalue weighted by Crippen LogP contribution is 2.34. The SMILES string of the molecule is CC(C)/C=C/[C@@H](CC1CC(O)C[C@@](O)(C[C@@H](O)C(C)C)O1)OC1OC(C)C(O)C(N)C1O. The van der Waals surface area contributed by atoms with Crippen LogP contribution in [0.15, 0.2) is 12.2 Å². The minimum atomic E-state index is -1.64. The van der Waals surface area contributed by atoms with Gasteiger partial charge in [-0.15, -0.1) is 0 Å². The van der Waals surface area contributed by atoms with Crippen LogP contribution in [0, 0.1) is 11.8 Å². The molecule has 0 aromatic carbocycles. The normalized spacial score (nSPS) is 40.8. The van der Waals surface area contributed by atoms with Crippen molar-refractivity contribution in [3.05, 3.63) is 12.2 Å². The third-order valence-corrected chi connectivity index (χ3v) is 6.19. The van der Waals surface area contributed by atoms with E-state index in [1.165, 1.54) is 0 Å². The molecule has 32 heavy (non-hydrogen) atoms. The molecule has 2 saturated heterocycles. The Morgan fingerprint density at radius 3 is 2.38 bits per heavy atom. The zero-order valence-electron chi connectivity index (χ0n) is 19.9. The van der Waals surface area contributed by atoms with Crippen molar-refractivity contribution in [2.75, 3.05) is 0 Å². The molecule has 2 rings (SSSR count). The summed E-state index contributed by atoms with van der Waals surface area (Å²) in [6.07, 6.45) is -2.10. The summed E-state index contributed by atoms with van der Waals surface area (Å²) in [5.74, 6) is -1.45. The standard InChI is InChI=1S/C23H43NO8/c1-12(2)6-7-16(31-22-21(28)19(24)20(27)14(5)30-22)9-17-8-15(25)10-23(29,32-17)11-18(26)13(3)4/h6-7,12-22,25-29H,8-11,24H2,1-5H3/b7-6+/t14?,15?,16-,17?,18+,19?,20?,21?,22?,23-/m0/s1. The summed E-state index contributed by atoms with van der Waals surface area (Å²) in [5, 5.41) is 52.0. The minimum Gasteiger partial charge on any atom is -0.393 e. The molecule has 7 unspecified atom stereocenters. The Hall–Kier alpha value is -0.620. The molecule has 9 heteroatoms. The lowest BCUT2D eigenvalue weighted by Gasteiger charge is -2.43. The number of ether oxygens (including phenoxy) is 3. The Balaban J connectivity index is 2.12. The van der Waals surface area contributed by atoms with E-state index >= 15 is 0 Å². The molecule has 0 spiro atoms. The molecule has 0 bridgehead atoms. The predicted octanol–water partition coefficient (Wildman–Crippen LogP) is 0.403. The summed E-state index contributed by atoms with van der Waals surface area (Å²) in [6, 6.07) is -0.908. The first-order valence-corrected chi connectivity index (χ1v) is 11.7. The van der Waals surface area contributed by atoms with Crippen molar-refractivity contribution >= 4 is 0 Å². The van der Waals surface area contributed by atoms with Gasteiger partial charge in [0.05, 0.1) is 42.7 Å². The zero-order chi connectivity index (χ0) is 24.2. The first kappa shape index (κ1) is 27.6. The minimum absolute atomic E-state index is 0.000288. The first-order valence-electron chi connectivity index (χ1n) is 11.7. The van der Waals surface area contributed by atoms with Crippen molar-refractivity contribution in [2.45, 2.75) is 121 Å². The maximum absolute atomic E-state index is 10.9. The van der Waals surface area contributed by atoms with Crippen LogP contribution < -0.4 is 5.73 Å². The summed E-state index contributed by atoms with van der Waals surface area (Å²) in [7, 11) is 0. The van der Waals surface area contributed by atoms with Crippen LogP contribution in [0.1, 0.15) is 60.3 Å². The van der Waals surface area contributed by atoms with Crippen molar-refractivity contribution < 1.29 is 39.7 Å². The van der Waals surface area contributed by atoms with E-state index in [1.807, 2.05) is 39.8 Å². The highest BCUT2D eigenvalue weighted by Gasteiger charge is 2.44. The number of hydrogen-bond donors (Lipinski definition) is 6. The second-order valence-electron chi connectivity index (χ2n) is 10.1. The molecule has 2 aliphatic heterocycles. The second kappa shape index (κ2) is 11.7. The Morgan fingerprint density at radius 2 is 1.78 bits per heavy atom. The fourth-order valence-corrected chi connectivity index (χ4v) is 4.14. The van der Waals surface area contributed by atoms with Gasteiger partial charge in [-0.2, -0.15) is 0 Å². The number of allylic oxidation sites excluding steroid dienone is 1. The van der Waals surface area contributed by atoms with Crippen molar-refractivity contribution in [1.29, 1.82) is 0 Å². The van der Waals surface area contributed by atoms with Gasteiger partial charge in [-0.1, -0.05) is 39.8 Å². The maximum Gasteiger partial charge on any atom is 0.186 e. The maximum atomic E-state index is 10.9. The largest absolute Gasteiger partial charge is 0.393 e. The third-order valence-electron chi connectivity index (χ3n) is 6.19. The average Bonchev–Trinajstić information content (AvgIpc) is 2.67. The van der Waals surface area contributed by atoms with Crippen molar-refractivity contribution in [2.24, 2.45) is 17.6 Å². The Bertz CT molecular complexity index is 603. The molecule has 2 heterocycles. The molecule has 0 saturated carbocycles. The molecular formula is C23H43NO8. The lowest BCUT2D eigenvalue weighted by atomic mass is 9.89. The summed E-state index contributed by atoms with van der Waals surface area (Å²) in [4.78, 5) is 0. The second-order valence-corrected chi connectivity index (χ2v) is 10.1. The quantitative estimate of drug-likeness (QED) is 0.268. The van der Waals surface area contributed by atoms with Crippen LogP contribution in [0.2, 0.25) is 0 Å². The van der Waals surface area contributed by atoms with Crippen molar-refractivity contribution in [3.8, 4) is 0 Å². The highest BCUT2D eigenvalue weighted by molar-refractivity contribution is 4.97. The summed E-state index contributed by atoms with van der Waals surface area (Å²) >= 11 is 0. The monoisotopic (exact) mass is 461 g/mol. The predicted molar refractivity (Wildman–Crippen MR) is 118 cm³/mol.